The van der Waals surface area contributed by atoms with Crippen molar-refractivity contribution in [3.8, 4) is 0 Å². The standard InChI is InChI=1S/C12H8FIN2O2/c13-10-7(12(17)18)5-6-15-11(10)16-9-4-2-1-3-8(9)14/h1-6H,(H,15,16)(H,17,18). The number of carbonyl (C=O) groups is 1. The molecule has 0 amide bonds. The first-order valence-electron chi connectivity index (χ1n) is 4.99. The zero-order valence-corrected chi connectivity index (χ0v) is 11.2. The third-order valence-corrected chi connectivity index (χ3v) is 3.19. The van der Waals surface area contributed by atoms with Gasteiger partial charge >= 0.3 is 5.97 Å². The van der Waals surface area contributed by atoms with Crippen LogP contribution in [0.3, 0.4) is 0 Å². The van der Waals surface area contributed by atoms with Crippen LogP contribution in [0, 0.1) is 9.39 Å². The molecule has 1 heterocycles. The maximum Gasteiger partial charge on any atom is 0.338 e. The molecule has 0 bridgehead atoms. The van der Waals surface area contributed by atoms with Gasteiger partial charge in [0, 0.05) is 9.77 Å². The molecule has 0 radical (unpaired) electrons. The van der Waals surface area contributed by atoms with E-state index in [1.54, 1.807) is 12.1 Å². The number of halogens is 2. The molecule has 1 aromatic heterocycles. The lowest BCUT2D eigenvalue weighted by atomic mass is 10.2. The summed E-state index contributed by atoms with van der Waals surface area (Å²) in [4.78, 5) is 14.6. The molecule has 0 unspecified atom stereocenters. The van der Waals surface area contributed by atoms with Crippen molar-refractivity contribution in [1.82, 2.24) is 4.98 Å². The van der Waals surface area contributed by atoms with Crippen LogP contribution in [-0.2, 0) is 0 Å². The van der Waals surface area contributed by atoms with E-state index in [4.69, 9.17) is 5.11 Å². The van der Waals surface area contributed by atoms with Gasteiger partial charge in [0.1, 0.15) is 5.56 Å². The first-order chi connectivity index (χ1) is 8.59. The number of nitrogens with one attached hydrogen (secondary N) is 1. The maximum absolute atomic E-state index is 13.8. The van der Waals surface area contributed by atoms with Crippen LogP contribution in [0.2, 0.25) is 0 Å². The summed E-state index contributed by atoms with van der Waals surface area (Å²) < 4.78 is 14.7. The predicted octanol–water partition coefficient (Wildman–Crippen LogP) is 3.27. The van der Waals surface area contributed by atoms with Crippen molar-refractivity contribution in [2.45, 2.75) is 0 Å². The molecular formula is C12H8FIN2O2. The SMILES string of the molecule is O=C(O)c1ccnc(Nc2ccccc2I)c1F. The third kappa shape index (κ3) is 2.58. The minimum atomic E-state index is -1.32. The predicted molar refractivity (Wildman–Crippen MR) is 73.6 cm³/mol. The highest BCUT2D eigenvalue weighted by Gasteiger charge is 2.15. The lowest BCUT2D eigenvalue weighted by Gasteiger charge is -2.09. The highest BCUT2D eigenvalue weighted by Crippen LogP contribution is 2.23. The van der Waals surface area contributed by atoms with Crippen LogP contribution in [-0.4, -0.2) is 16.1 Å². The molecular weight excluding hydrogens is 350 g/mol. The zero-order valence-electron chi connectivity index (χ0n) is 9.02. The van der Waals surface area contributed by atoms with Gasteiger partial charge in [0.15, 0.2) is 11.6 Å². The van der Waals surface area contributed by atoms with Gasteiger partial charge in [-0.1, -0.05) is 12.1 Å². The molecule has 0 aliphatic rings. The Labute approximate surface area is 116 Å². The van der Waals surface area contributed by atoms with Gasteiger partial charge < -0.3 is 10.4 Å². The van der Waals surface area contributed by atoms with Gasteiger partial charge in [-0.2, -0.15) is 0 Å². The van der Waals surface area contributed by atoms with Crippen molar-refractivity contribution < 1.29 is 14.3 Å². The number of pyridine rings is 1. The van der Waals surface area contributed by atoms with Crippen LogP contribution in [0.1, 0.15) is 10.4 Å². The van der Waals surface area contributed by atoms with Gasteiger partial charge in [-0.05, 0) is 40.8 Å². The largest absolute Gasteiger partial charge is 0.478 e. The number of para-hydroxylation sites is 1. The van der Waals surface area contributed by atoms with Gasteiger partial charge in [0.05, 0.1) is 5.69 Å². The second kappa shape index (κ2) is 5.30. The number of carboxylic acids is 1. The van der Waals surface area contributed by atoms with E-state index in [-0.39, 0.29) is 5.82 Å². The monoisotopic (exact) mass is 358 g/mol. The van der Waals surface area contributed by atoms with Crippen molar-refractivity contribution in [2.75, 3.05) is 5.32 Å². The topological polar surface area (TPSA) is 62.2 Å². The van der Waals surface area contributed by atoms with Crippen LogP contribution >= 0.6 is 22.6 Å². The Morgan fingerprint density at radius 1 is 1.33 bits per heavy atom. The normalized spacial score (nSPS) is 10.1. The van der Waals surface area contributed by atoms with Crippen molar-refractivity contribution in [2.24, 2.45) is 0 Å². The van der Waals surface area contributed by atoms with Crippen molar-refractivity contribution in [1.29, 1.82) is 0 Å². The fraction of sp³-hybridized carbons (Fsp3) is 0. The zero-order chi connectivity index (χ0) is 13.1. The summed E-state index contributed by atoms with van der Waals surface area (Å²) in [5.41, 5.74) is 0.269. The Bertz CT molecular complexity index is 604. The Morgan fingerprint density at radius 2 is 2.06 bits per heavy atom. The van der Waals surface area contributed by atoms with Crippen molar-refractivity contribution >= 4 is 40.1 Å². The number of benzene rings is 1. The molecule has 0 fully saturated rings. The summed E-state index contributed by atoms with van der Waals surface area (Å²) >= 11 is 2.09. The minimum Gasteiger partial charge on any atom is -0.478 e. The molecule has 0 spiro atoms. The lowest BCUT2D eigenvalue weighted by molar-refractivity contribution is 0.0692. The molecule has 0 atom stereocenters. The Morgan fingerprint density at radius 3 is 2.72 bits per heavy atom. The first kappa shape index (κ1) is 12.7. The Balaban J connectivity index is 2.39. The number of carboxylic acid groups (broad SMARTS) is 1. The Kier molecular flexibility index (Phi) is 3.75. The highest BCUT2D eigenvalue weighted by atomic mass is 127. The van der Waals surface area contributed by atoms with Gasteiger partial charge in [0.2, 0.25) is 0 Å². The molecule has 1 aromatic carbocycles. The molecule has 2 N–H and O–H groups in total. The number of nitrogens with zero attached hydrogens (tertiary/aromatic N) is 1. The van der Waals surface area contributed by atoms with Gasteiger partial charge in [-0.15, -0.1) is 0 Å². The van der Waals surface area contributed by atoms with Crippen LogP contribution in [0.4, 0.5) is 15.9 Å². The van der Waals surface area contributed by atoms with E-state index in [1.165, 1.54) is 6.20 Å². The van der Waals surface area contributed by atoms with E-state index in [1.807, 2.05) is 12.1 Å². The van der Waals surface area contributed by atoms with Crippen LogP contribution in [0.15, 0.2) is 36.5 Å². The lowest BCUT2D eigenvalue weighted by Crippen LogP contribution is -2.06. The molecule has 92 valence electrons. The Hall–Kier alpha value is -1.70. The smallest absolute Gasteiger partial charge is 0.338 e. The molecule has 0 aliphatic heterocycles. The average Bonchev–Trinajstić information content (AvgIpc) is 2.34. The van der Waals surface area contributed by atoms with Gasteiger partial charge in [0.25, 0.3) is 0 Å². The van der Waals surface area contributed by atoms with Crippen LogP contribution in [0.5, 0.6) is 0 Å². The molecule has 2 rings (SSSR count). The number of hydrogen-bond donors (Lipinski definition) is 2. The van der Waals surface area contributed by atoms with Crippen molar-refractivity contribution in [3.63, 3.8) is 0 Å². The molecule has 0 saturated carbocycles. The number of hydrogen-bond acceptors (Lipinski definition) is 3. The fourth-order valence-electron chi connectivity index (χ4n) is 1.39. The number of aromatic carboxylic acids is 1. The van der Waals surface area contributed by atoms with E-state index >= 15 is 0 Å². The summed E-state index contributed by atoms with van der Waals surface area (Å²) in [6.45, 7) is 0. The van der Waals surface area contributed by atoms with E-state index < -0.39 is 17.3 Å². The van der Waals surface area contributed by atoms with E-state index in [0.717, 1.165) is 9.64 Å². The summed E-state index contributed by atoms with van der Waals surface area (Å²) in [7, 11) is 0. The summed E-state index contributed by atoms with van der Waals surface area (Å²) in [6.07, 6.45) is 1.25. The summed E-state index contributed by atoms with van der Waals surface area (Å²) in [6, 6.07) is 8.38. The van der Waals surface area contributed by atoms with Crippen LogP contribution < -0.4 is 5.32 Å². The van der Waals surface area contributed by atoms with Crippen LogP contribution in [0.25, 0.3) is 0 Å². The first-order valence-corrected chi connectivity index (χ1v) is 6.07. The summed E-state index contributed by atoms with van der Waals surface area (Å²) in [5.74, 6) is -2.29. The summed E-state index contributed by atoms with van der Waals surface area (Å²) in [5, 5.41) is 11.6. The van der Waals surface area contributed by atoms with E-state index in [0.29, 0.717) is 5.69 Å². The van der Waals surface area contributed by atoms with E-state index in [2.05, 4.69) is 32.9 Å². The molecule has 2 aromatic rings. The minimum absolute atomic E-state index is 0.0981. The average molecular weight is 358 g/mol. The fourth-order valence-corrected chi connectivity index (χ4v) is 1.91. The molecule has 6 heteroatoms. The van der Waals surface area contributed by atoms with E-state index in [9.17, 15) is 9.18 Å². The number of aromatic nitrogens is 1. The molecule has 4 nitrogen and oxygen atoms in total. The van der Waals surface area contributed by atoms with Gasteiger partial charge in [-0.3, -0.25) is 0 Å². The second-order valence-electron chi connectivity index (χ2n) is 3.43. The molecule has 0 saturated heterocycles. The number of rotatable bonds is 3. The molecule has 0 aliphatic carbocycles. The second-order valence-corrected chi connectivity index (χ2v) is 4.59. The number of anilines is 2. The van der Waals surface area contributed by atoms with Gasteiger partial charge in [-0.25, -0.2) is 14.2 Å². The maximum atomic E-state index is 13.8. The highest BCUT2D eigenvalue weighted by molar-refractivity contribution is 14.1. The van der Waals surface area contributed by atoms with Crippen molar-refractivity contribution in [3.05, 3.63) is 51.5 Å². The third-order valence-electron chi connectivity index (χ3n) is 2.25. The quantitative estimate of drug-likeness (QED) is 0.827. The molecule has 18 heavy (non-hydrogen) atoms.